The number of hydrogen-bond acceptors (Lipinski definition) is 2. The van der Waals surface area contributed by atoms with Crippen molar-refractivity contribution in [3.63, 3.8) is 0 Å². The van der Waals surface area contributed by atoms with Crippen molar-refractivity contribution in [2.45, 2.75) is 45.1 Å². The molecule has 20 heavy (non-hydrogen) atoms. The lowest BCUT2D eigenvalue weighted by molar-refractivity contribution is 0.0976. The summed E-state index contributed by atoms with van der Waals surface area (Å²) in [5, 5.41) is 3.50. The molecular weight excluding hydrogens is 253 g/mol. The van der Waals surface area contributed by atoms with E-state index in [0.29, 0.717) is 17.9 Å². The van der Waals surface area contributed by atoms with Gasteiger partial charge in [0, 0.05) is 13.2 Å². The Balaban J connectivity index is 1.98. The van der Waals surface area contributed by atoms with Crippen LogP contribution in [0.4, 0.5) is 4.39 Å². The summed E-state index contributed by atoms with van der Waals surface area (Å²) in [6.45, 7) is 7.16. The van der Waals surface area contributed by atoms with E-state index in [4.69, 9.17) is 4.74 Å². The van der Waals surface area contributed by atoms with Crippen molar-refractivity contribution in [1.82, 2.24) is 5.32 Å². The molecule has 2 rings (SSSR count). The maximum Gasteiger partial charge on any atom is 0.123 e. The molecule has 0 amide bonds. The summed E-state index contributed by atoms with van der Waals surface area (Å²) in [6, 6.07) is 7.00. The van der Waals surface area contributed by atoms with Crippen LogP contribution in [0.2, 0.25) is 0 Å². The second-order valence-corrected chi connectivity index (χ2v) is 6.17. The van der Waals surface area contributed by atoms with Gasteiger partial charge in [-0.05, 0) is 55.3 Å². The molecular formula is C17H26FNO. The van der Waals surface area contributed by atoms with Crippen LogP contribution in [0.15, 0.2) is 24.3 Å². The van der Waals surface area contributed by atoms with E-state index in [2.05, 4.69) is 19.2 Å². The Labute approximate surface area is 121 Å². The lowest BCUT2D eigenvalue weighted by Gasteiger charge is -2.22. The standard InChI is InChI=1S/C17H26FNO/c1-13(2)11-19-12-15(10-17-7-4-8-20-17)14-5-3-6-16(18)9-14/h3,5-6,9,13,15,17,19H,4,7-8,10-12H2,1-2H3. The van der Waals surface area contributed by atoms with E-state index in [1.54, 1.807) is 12.1 Å². The molecule has 112 valence electrons. The predicted molar refractivity (Wildman–Crippen MR) is 80.4 cm³/mol. The Morgan fingerprint density at radius 1 is 1.35 bits per heavy atom. The van der Waals surface area contributed by atoms with Gasteiger partial charge in [0.05, 0.1) is 6.10 Å². The van der Waals surface area contributed by atoms with E-state index in [1.165, 1.54) is 6.07 Å². The molecule has 1 heterocycles. The highest BCUT2D eigenvalue weighted by Gasteiger charge is 2.22. The van der Waals surface area contributed by atoms with Crippen molar-refractivity contribution < 1.29 is 9.13 Å². The highest BCUT2D eigenvalue weighted by molar-refractivity contribution is 5.21. The second kappa shape index (κ2) is 7.75. The number of halogens is 1. The first-order chi connectivity index (χ1) is 9.65. The quantitative estimate of drug-likeness (QED) is 0.821. The first-order valence-electron chi connectivity index (χ1n) is 7.73. The van der Waals surface area contributed by atoms with E-state index >= 15 is 0 Å². The van der Waals surface area contributed by atoms with Gasteiger partial charge in [0.25, 0.3) is 0 Å². The van der Waals surface area contributed by atoms with E-state index in [0.717, 1.165) is 44.5 Å². The molecule has 1 N–H and O–H groups in total. The van der Waals surface area contributed by atoms with Gasteiger partial charge < -0.3 is 10.1 Å². The number of nitrogens with one attached hydrogen (secondary N) is 1. The molecule has 2 atom stereocenters. The van der Waals surface area contributed by atoms with Gasteiger partial charge in [-0.3, -0.25) is 0 Å². The third-order valence-corrected chi connectivity index (χ3v) is 3.83. The Kier molecular flexibility index (Phi) is 5.99. The molecule has 0 spiro atoms. The molecule has 1 fully saturated rings. The normalized spacial score (nSPS) is 20.5. The maximum atomic E-state index is 13.4. The minimum absolute atomic E-state index is 0.149. The minimum Gasteiger partial charge on any atom is -0.378 e. The molecule has 1 aliphatic rings. The van der Waals surface area contributed by atoms with Crippen molar-refractivity contribution in [2.24, 2.45) is 5.92 Å². The average Bonchev–Trinajstić information content (AvgIpc) is 2.90. The van der Waals surface area contributed by atoms with Crippen molar-refractivity contribution in [2.75, 3.05) is 19.7 Å². The first kappa shape index (κ1) is 15.5. The molecule has 1 aliphatic heterocycles. The summed E-state index contributed by atoms with van der Waals surface area (Å²) in [6.07, 6.45) is 3.61. The van der Waals surface area contributed by atoms with Gasteiger partial charge in [-0.2, -0.15) is 0 Å². The summed E-state index contributed by atoms with van der Waals surface area (Å²) in [5.41, 5.74) is 1.08. The topological polar surface area (TPSA) is 21.3 Å². The van der Waals surface area contributed by atoms with Crippen LogP contribution >= 0.6 is 0 Å². The smallest absolute Gasteiger partial charge is 0.123 e. The van der Waals surface area contributed by atoms with Crippen LogP contribution in [0.3, 0.4) is 0 Å². The van der Waals surface area contributed by atoms with Crippen molar-refractivity contribution in [3.05, 3.63) is 35.6 Å². The average molecular weight is 279 g/mol. The molecule has 0 radical (unpaired) electrons. The molecule has 1 aromatic rings. The van der Waals surface area contributed by atoms with Crippen molar-refractivity contribution in [1.29, 1.82) is 0 Å². The zero-order chi connectivity index (χ0) is 14.4. The fourth-order valence-electron chi connectivity index (χ4n) is 2.79. The summed E-state index contributed by atoms with van der Waals surface area (Å²) in [7, 11) is 0. The molecule has 1 aromatic carbocycles. The molecule has 2 unspecified atom stereocenters. The van der Waals surface area contributed by atoms with Gasteiger partial charge in [0.15, 0.2) is 0 Å². The van der Waals surface area contributed by atoms with E-state index in [9.17, 15) is 4.39 Å². The monoisotopic (exact) mass is 279 g/mol. The number of benzene rings is 1. The Bertz CT molecular complexity index is 402. The van der Waals surface area contributed by atoms with Crippen LogP contribution in [-0.2, 0) is 4.74 Å². The van der Waals surface area contributed by atoms with Crippen molar-refractivity contribution in [3.8, 4) is 0 Å². The summed E-state index contributed by atoms with van der Waals surface area (Å²) < 4.78 is 19.2. The minimum atomic E-state index is -0.149. The van der Waals surface area contributed by atoms with Crippen LogP contribution in [0.1, 0.15) is 44.6 Å². The second-order valence-electron chi connectivity index (χ2n) is 6.17. The molecule has 2 nitrogen and oxygen atoms in total. The van der Waals surface area contributed by atoms with E-state index < -0.39 is 0 Å². The lowest BCUT2D eigenvalue weighted by atomic mass is 9.92. The molecule has 1 saturated heterocycles. The fourth-order valence-corrected chi connectivity index (χ4v) is 2.79. The van der Waals surface area contributed by atoms with E-state index in [1.807, 2.05) is 6.07 Å². The van der Waals surface area contributed by atoms with Crippen LogP contribution < -0.4 is 5.32 Å². The number of hydrogen-bond donors (Lipinski definition) is 1. The molecule has 0 aromatic heterocycles. The van der Waals surface area contributed by atoms with Gasteiger partial charge in [-0.25, -0.2) is 4.39 Å². The predicted octanol–water partition coefficient (Wildman–Crippen LogP) is 3.72. The van der Waals surface area contributed by atoms with Crippen LogP contribution in [0, 0.1) is 11.7 Å². The largest absolute Gasteiger partial charge is 0.378 e. The lowest BCUT2D eigenvalue weighted by Crippen LogP contribution is -2.27. The summed E-state index contributed by atoms with van der Waals surface area (Å²) in [4.78, 5) is 0. The third kappa shape index (κ3) is 4.88. The van der Waals surface area contributed by atoms with Gasteiger partial charge >= 0.3 is 0 Å². The van der Waals surface area contributed by atoms with Crippen molar-refractivity contribution >= 4 is 0 Å². The fraction of sp³-hybridized carbons (Fsp3) is 0.647. The summed E-state index contributed by atoms with van der Waals surface area (Å²) in [5.74, 6) is 0.808. The third-order valence-electron chi connectivity index (χ3n) is 3.83. The first-order valence-corrected chi connectivity index (χ1v) is 7.73. The molecule has 0 aliphatic carbocycles. The number of ether oxygens (including phenoxy) is 1. The summed E-state index contributed by atoms with van der Waals surface area (Å²) >= 11 is 0. The van der Waals surface area contributed by atoms with E-state index in [-0.39, 0.29) is 5.82 Å². The Hall–Kier alpha value is -0.930. The molecule has 3 heteroatoms. The number of rotatable bonds is 7. The van der Waals surface area contributed by atoms with Gasteiger partial charge in [-0.1, -0.05) is 26.0 Å². The molecule has 0 saturated carbocycles. The SMILES string of the molecule is CC(C)CNCC(CC1CCCO1)c1cccc(F)c1. The van der Waals surface area contributed by atoms with Gasteiger partial charge in [-0.15, -0.1) is 0 Å². The van der Waals surface area contributed by atoms with Crippen LogP contribution in [-0.4, -0.2) is 25.8 Å². The van der Waals surface area contributed by atoms with Crippen LogP contribution in [0.25, 0.3) is 0 Å². The van der Waals surface area contributed by atoms with Gasteiger partial charge in [0.1, 0.15) is 5.82 Å². The highest BCUT2D eigenvalue weighted by atomic mass is 19.1. The zero-order valence-electron chi connectivity index (χ0n) is 12.6. The Morgan fingerprint density at radius 2 is 2.20 bits per heavy atom. The van der Waals surface area contributed by atoms with Gasteiger partial charge in [0.2, 0.25) is 0 Å². The van der Waals surface area contributed by atoms with Crippen LogP contribution in [0.5, 0.6) is 0 Å². The zero-order valence-corrected chi connectivity index (χ0v) is 12.6. The molecule has 0 bridgehead atoms. The maximum absolute atomic E-state index is 13.4. The Morgan fingerprint density at radius 3 is 2.85 bits per heavy atom. The highest BCUT2D eigenvalue weighted by Crippen LogP contribution is 2.27.